The molecule has 0 aromatic heterocycles. The van der Waals surface area contributed by atoms with Crippen LogP contribution in [0.2, 0.25) is 5.02 Å². The van der Waals surface area contributed by atoms with Crippen LogP contribution in [0.5, 0.6) is 17.2 Å². The van der Waals surface area contributed by atoms with E-state index < -0.39 is 0 Å². The van der Waals surface area contributed by atoms with Gasteiger partial charge in [-0.25, -0.2) is 0 Å². The Hall–Kier alpha value is -3.44. The number of amides is 1. The summed E-state index contributed by atoms with van der Waals surface area (Å²) in [5, 5.41) is 3.45. The van der Waals surface area contributed by atoms with Crippen LogP contribution in [0.1, 0.15) is 11.1 Å². The summed E-state index contributed by atoms with van der Waals surface area (Å²) in [4.78, 5) is 12.2. The van der Waals surface area contributed by atoms with Crippen molar-refractivity contribution in [2.45, 2.75) is 6.61 Å². The molecule has 0 atom stereocenters. The summed E-state index contributed by atoms with van der Waals surface area (Å²) in [6, 6.07) is 20.2. The van der Waals surface area contributed by atoms with Crippen LogP contribution in [0.3, 0.4) is 0 Å². The highest BCUT2D eigenvalue weighted by atomic mass is 35.5. The number of carbonyl (C=O) groups is 1. The molecule has 5 nitrogen and oxygen atoms in total. The quantitative estimate of drug-likeness (QED) is 0.480. The molecule has 3 rings (SSSR count). The van der Waals surface area contributed by atoms with Gasteiger partial charge in [0.1, 0.15) is 12.4 Å². The summed E-state index contributed by atoms with van der Waals surface area (Å²) in [5.74, 6) is 1.49. The van der Waals surface area contributed by atoms with Gasteiger partial charge in [-0.1, -0.05) is 48.0 Å². The Morgan fingerprint density at radius 1 is 0.933 bits per heavy atom. The van der Waals surface area contributed by atoms with Gasteiger partial charge in [0, 0.05) is 16.7 Å². The van der Waals surface area contributed by atoms with E-state index in [0.29, 0.717) is 34.6 Å². The topological polar surface area (TPSA) is 56.8 Å². The molecule has 1 amide bonds. The van der Waals surface area contributed by atoms with Crippen LogP contribution < -0.4 is 19.5 Å². The molecule has 6 heteroatoms. The molecule has 0 aliphatic carbocycles. The number of methoxy groups -OCH3 is 2. The maximum atomic E-state index is 12.2. The fraction of sp³-hybridized carbons (Fsp3) is 0.125. The monoisotopic (exact) mass is 423 g/mol. The zero-order chi connectivity index (χ0) is 21.3. The lowest BCUT2D eigenvalue weighted by molar-refractivity contribution is -0.111. The average Bonchev–Trinajstić information content (AvgIpc) is 2.77. The largest absolute Gasteiger partial charge is 0.495 e. The van der Waals surface area contributed by atoms with Gasteiger partial charge in [0.15, 0.2) is 11.5 Å². The second kappa shape index (κ2) is 10.4. The third-order valence-corrected chi connectivity index (χ3v) is 4.69. The molecule has 0 saturated carbocycles. The second-order valence-corrected chi connectivity index (χ2v) is 6.72. The Morgan fingerprint density at radius 3 is 2.43 bits per heavy atom. The molecule has 0 spiro atoms. The van der Waals surface area contributed by atoms with Crippen molar-refractivity contribution >= 4 is 29.3 Å². The molecule has 0 radical (unpaired) electrons. The van der Waals surface area contributed by atoms with Gasteiger partial charge in [-0.05, 0) is 42.0 Å². The Morgan fingerprint density at radius 2 is 1.67 bits per heavy atom. The number of ether oxygens (including phenoxy) is 3. The lowest BCUT2D eigenvalue weighted by Gasteiger charge is -2.12. The molecule has 0 unspecified atom stereocenters. The number of hydrogen-bond donors (Lipinski definition) is 1. The van der Waals surface area contributed by atoms with E-state index in [2.05, 4.69) is 5.32 Å². The lowest BCUT2D eigenvalue weighted by atomic mass is 10.2. The first kappa shape index (κ1) is 21.3. The zero-order valence-corrected chi connectivity index (χ0v) is 17.5. The van der Waals surface area contributed by atoms with Crippen LogP contribution in [0, 0.1) is 0 Å². The fourth-order valence-corrected chi connectivity index (χ4v) is 2.96. The Bertz CT molecular complexity index is 1050. The lowest BCUT2D eigenvalue weighted by Crippen LogP contribution is -2.08. The Balaban J connectivity index is 1.66. The second-order valence-electron chi connectivity index (χ2n) is 6.31. The van der Waals surface area contributed by atoms with Crippen LogP contribution in [-0.2, 0) is 11.4 Å². The molecule has 0 aliphatic heterocycles. The van der Waals surface area contributed by atoms with Crippen molar-refractivity contribution in [2.75, 3.05) is 19.5 Å². The van der Waals surface area contributed by atoms with Crippen molar-refractivity contribution in [3.63, 3.8) is 0 Å². The van der Waals surface area contributed by atoms with Crippen LogP contribution in [0.25, 0.3) is 6.08 Å². The van der Waals surface area contributed by atoms with Crippen LogP contribution in [0.15, 0.2) is 72.8 Å². The minimum Gasteiger partial charge on any atom is -0.495 e. The van der Waals surface area contributed by atoms with E-state index >= 15 is 0 Å². The molecule has 0 aliphatic rings. The molecule has 154 valence electrons. The first-order valence-electron chi connectivity index (χ1n) is 9.27. The summed E-state index contributed by atoms with van der Waals surface area (Å²) in [7, 11) is 3.13. The van der Waals surface area contributed by atoms with Crippen molar-refractivity contribution in [1.29, 1.82) is 0 Å². The fourth-order valence-electron chi connectivity index (χ4n) is 2.77. The van der Waals surface area contributed by atoms with Crippen molar-refractivity contribution in [1.82, 2.24) is 0 Å². The van der Waals surface area contributed by atoms with Crippen molar-refractivity contribution < 1.29 is 19.0 Å². The van der Waals surface area contributed by atoms with Gasteiger partial charge < -0.3 is 19.5 Å². The van der Waals surface area contributed by atoms with Gasteiger partial charge in [0.2, 0.25) is 5.91 Å². The number of halogens is 1. The third-order valence-electron chi connectivity index (χ3n) is 4.32. The van der Waals surface area contributed by atoms with Gasteiger partial charge >= 0.3 is 0 Å². The number of rotatable bonds is 8. The number of hydrogen-bond acceptors (Lipinski definition) is 4. The highest BCUT2D eigenvalue weighted by Gasteiger charge is 2.08. The van der Waals surface area contributed by atoms with E-state index in [0.717, 1.165) is 11.1 Å². The smallest absolute Gasteiger partial charge is 0.248 e. The minimum atomic E-state index is -0.266. The van der Waals surface area contributed by atoms with Crippen molar-refractivity contribution in [3.8, 4) is 17.2 Å². The number of para-hydroxylation sites is 2. The van der Waals surface area contributed by atoms with Crippen LogP contribution >= 0.6 is 11.6 Å². The highest BCUT2D eigenvalue weighted by Crippen LogP contribution is 2.30. The average molecular weight is 424 g/mol. The summed E-state index contributed by atoms with van der Waals surface area (Å²) in [6.45, 7) is 0.326. The summed E-state index contributed by atoms with van der Waals surface area (Å²) >= 11 is 6.17. The number of anilines is 1. The number of nitrogens with one attached hydrogen (secondary N) is 1. The molecule has 0 fully saturated rings. The van der Waals surface area contributed by atoms with Gasteiger partial charge in [-0.2, -0.15) is 0 Å². The van der Waals surface area contributed by atoms with Gasteiger partial charge in [-0.3, -0.25) is 4.79 Å². The van der Waals surface area contributed by atoms with Gasteiger partial charge in [0.25, 0.3) is 0 Å². The summed E-state index contributed by atoms with van der Waals surface area (Å²) in [5.41, 5.74) is 2.29. The maximum absolute atomic E-state index is 12.2. The van der Waals surface area contributed by atoms with E-state index in [1.165, 1.54) is 6.08 Å². The first-order chi connectivity index (χ1) is 14.6. The maximum Gasteiger partial charge on any atom is 0.248 e. The standard InChI is InChI=1S/C24H22ClNO4/c1-28-21-10-6-5-9-20(21)26-24(27)14-12-17-11-13-22(23(15-17)29-2)30-16-18-7-3-4-8-19(18)25/h3-15H,16H2,1-2H3,(H,26,27)/b14-12+. The van der Waals surface area contributed by atoms with Crippen LogP contribution in [-0.4, -0.2) is 20.1 Å². The predicted octanol–water partition coefficient (Wildman–Crippen LogP) is 5.59. The number of carbonyl (C=O) groups excluding carboxylic acids is 1. The Kier molecular flexibility index (Phi) is 7.35. The zero-order valence-electron chi connectivity index (χ0n) is 16.7. The SMILES string of the molecule is COc1ccccc1NC(=O)/C=C/c1ccc(OCc2ccccc2Cl)c(OC)c1. The molecular formula is C24H22ClNO4. The van der Waals surface area contributed by atoms with E-state index in [4.69, 9.17) is 25.8 Å². The molecule has 0 heterocycles. The van der Waals surface area contributed by atoms with Crippen molar-refractivity contribution in [3.05, 3.63) is 89.0 Å². The van der Waals surface area contributed by atoms with Gasteiger partial charge in [0.05, 0.1) is 19.9 Å². The minimum absolute atomic E-state index is 0.266. The highest BCUT2D eigenvalue weighted by molar-refractivity contribution is 6.31. The van der Waals surface area contributed by atoms with Gasteiger partial charge in [-0.15, -0.1) is 0 Å². The molecule has 3 aromatic rings. The van der Waals surface area contributed by atoms with E-state index in [9.17, 15) is 4.79 Å². The molecule has 0 bridgehead atoms. The Labute approximate surface area is 180 Å². The van der Waals surface area contributed by atoms with E-state index in [1.807, 2.05) is 42.5 Å². The molecular weight excluding hydrogens is 402 g/mol. The molecule has 0 saturated heterocycles. The number of benzene rings is 3. The summed E-state index contributed by atoms with van der Waals surface area (Å²) < 4.78 is 16.5. The molecule has 30 heavy (non-hydrogen) atoms. The molecule has 3 aromatic carbocycles. The summed E-state index contributed by atoms with van der Waals surface area (Å²) in [6.07, 6.45) is 3.15. The normalized spacial score (nSPS) is 10.6. The van der Waals surface area contributed by atoms with Crippen molar-refractivity contribution in [2.24, 2.45) is 0 Å². The van der Waals surface area contributed by atoms with Crippen LogP contribution in [0.4, 0.5) is 5.69 Å². The first-order valence-corrected chi connectivity index (χ1v) is 9.65. The predicted molar refractivity (Wildman–Crippen MR) is 119 cm³/mol. The molecule has 1 N–H and O–H groups in total. The van der Waals surface area contributed by atoms with E-state index in [-0.39, 0.29) is 5.91 Å². The third kappa shape index (κ3) is 5.55. The van der Waals surface area contributed by atoms with E-state index in [1.54, 1.807) is 44.6 Å².